The van der Waals surface area contributed by atoms with Crippen molar-refractivity contribution in [3.8, 4) is 0 Å². The van der Waals surface area contributed by atoms with Crippen LogP contribution in [0.15, 0.2) is 53.6 Å². The minimum Gasteiger partial charge on any atom is -0.356 e. The normalized spacial score (nSPS) is 14.1. The van der Waals surface area contributed by atoms with Crippen molar-refractivity contribution in [2.45, 2.75) is 32.4 Å². The van der Waals surface area contributed by atoms with Gasteiger partial charge >= 0.3 is 0 Å². The van der Waals surface area contributed by atoms with Gasteiger partial charge in [-0.05, 0) is 55.1 Å². The van der Waals surface area contributed by atoms with E-state index in [1.807, 2.05) is 6.07 Å². The van der Waals surface area contributed by atoms with Crippen LogP contribution in [0.4, 0.5) is 0 Å². The lowest BCUT2D eigenvalue weighted by Gasteiger charge is -2.25. The first-order valence-electron chi connectivity index (χ1n) is 10.6. The Hall–Kier alpha value is -3.52. The molecule has 1 saturated carbocycles. The van der Waals surface area contributed by atoms with E-state index in [2.05, 4.69) is 31.7 Å². The second-order valence-corrected chi connectivity index (χ2v) is 8.09. The summed E-state index contributed by atoms with van der Waals surface area (Å²) in [6.45, 7) is 2.15. The zero-order chi connectivity index (χ0) is 21.2. The highest BCUT2D eigenvalue weighted by Crippen LogP contribution is 2.25. The topological polar surface area (TPSA) is 104 Å². The third kappa shape index (κ3) is 4.20. The van der Waals surface area contributed by atoms with Crippen molar-refractivity contribution in [2.75, 3.05) is 6.54 Å². The Kier molecular flexibility index (Phi) is 5.21. The molecule has 0 radical (unpaired) electrons. The number of carbonyl (C=O) groups excluding carboxylic acids is 1. The van der Waals surface area contributed by atoms with Crippen LogP contribution < -0.4 is 16.2 Å². The number of amides is 1. The van der Waals surface area contributed by atoms with Crippen LogP contribution in [0, 0.1) is 5.92 Å². The van der Waals surface area contributed by atoms with Gasteiger partial charge in [0.25, 0.3) is 11.5 Å². The van der Waals surface area contributed by atoms with Gasteiger partial charge < -0.3 is 15.6 Å². The standard InChI is InChI=1S/C23H24N6O2/c30-22-10-20(28-21-6-1-2-7-29(21)22)23(31)26-13-16-8-19-18(25-12-16)9-17(27-19)14-24-11-15-4-3-5-15/h1-2,6-10,12,15,24,27H,3-5,11,13-14H2,(H,26,31). The highest BCUT2D eigenvalue weighted by molar-refractivity contribution is 5.92. The van der Waals surface area contributed by atoms with E-state index in [1.54, 1.807) is 30.6 Å². The first-order chi connectivity index (χ1) is 15.2. The van der Waals surface area contributed by atoms with Crippen LogP contribution in [0.3, 0.4) is 0 Å². The lowest BCUT2D eigenvalue weighted by atomic mass is 9.85. The molecular formula is C23H24N6O2. The SMILES string of the molecule is O=C(NCc1cnc2cc(CNCC3CCC3)[nH]c2c1)c1cc(=O)n2ccccc2n1. The Balaban J connectivity index is 1.23. The first-order valence-corrected chi connectivity index (χ1v) is 10.6. The van der Waals surface area contributed by atoms with E-state index < -0.39 is 5.91 Å². The number of aromatic amines is 1. The lowest BCUT2D eigenvalue weighted by Crippen LogP contribution is -2.27. The fourth-order valence-corrected chi connectivity index (χ4v) is 3.85. The van der Waals surface area contributed by atoms with Crippen LogP contribution in [0.1, 0.15) is 41.0 Å². The van der Waals surface area contributed by atoms with Crippen LogP contribution in [0.2, 0.25) is 0 Å². The average molecular weight is 416 g/mol. The second-order valence-electron chi connectivity index (χ2n) is 8.09. The molecule has 3 N–H and O–H groups in total. The fraction of sp³-hybridized carbons (Fsp3) is 0.304. The van der Waals surface area contributed by atoms with E-state index in [0.29, 0.717) is 12.2 Å². The largest absolute Gasteiger partial charge is 0.356 e. The van der Waals surface area contributed by atoms with Crippen LogP contribution in [-0.2, 0) is 13.1 Å². The quantitative estimate of drug-likeness (QED) is 0.429. The molecule has 1 amide bonds. The van der Waals surface area contributed by atoms with Crippen molar-refractivity contribution in [1.29, 1.82) is 0 Å². The van der Waals surface area contributed by atoms with Crippen LogP contribution >= 0.6 is 0 Å². The molecule has 1 fully saturated rings. The molecule has 0 aromatic carbocycles. The van der Waals surface area contributed by atoms with E-state index in [4.69, 9.17) is 0 Å². The number of nitrogens with one attached hydrogen (secondary N) is 3. The van der Waals surface area contributed by atoms with E-state index >= 15 is 0 Å². The molecule has 4 heterocycles. The number of rotatable bonds is 7. The van der Waals surface area contributed by atoms with Gasteiger partial charge in [0.1, 0.15) is 11.3 Å². The highest BCUT2D eigenvalue weighted by atomic mass is 16.2. The Labute approximate surface area is 178 Å². The number of pyridine rings is 2. The van der Waals surface area contributed by atoms with Gasteiger partial charge in [0.15, 0.2) is 0 Å². The highest BCUT2D eigenvalue weighted by Gasteiger charge is 2.16. The van der Waals surface area contributed by atoms with Crippen molar-refractivity contribution < 1.29 is 4.79 Å². The van der Waals surface area contributed by atoms with Crippen molar-refractivity contribution in [3.63, 3.8) is 0 Å². The van der Waals surface area contributed by atoms with Gasteiger partial charge in [-0.2, -0.15) is 0 Å². The molecule has 1 aliphatic rings. The molecule has 5 rings (SSSR count). The minimum atomic E-state index is -0.393. The molecule has 158 valence electrons. The Morgan fingerprint density at radius 1 is 1.19 bits per heavy atom. The summed E-state index contributed by atoms with van der Waals surface area (Å²) < 4.78 is 1.40. The summed E-state index contributed by atoms with van der Waals surface area (Å²) in [6.07, 6.45) is 7.40. The fourth-order valence-electron chi connectivity index (χ4n) is 3.85. The van der Waals surface area contributed by atoms with Gasteiger partial charge in [0, 0.05) is 37.2 Å². The molecule has 0 spiro atoms. The Bertz CT molecular complexity index is 1300. The van der Waals surface area contributed by atoms with E-state index in [1.165, 1.54) is 29.7 Å². The minimum absolute atomic E-state index is 0.102. The van der Waals surface area contributed by atoms with Gasteiger partial charge in [0.05, 0.1) is 11.0 Å². The van der Waals surface area contributed by atoms with Crippen LogP contribution in [0.5, 0.6) is 0 Å². The third-order valence-electron chi connectivity index (χ3n) is 5.81. The summed E-state index contributed by atoms with van der Waals surface area (Å²) in [5.74, 6) is 0.432. The van der Waals surface area contributed by atoms with Crippen LogP contribution in [-0.4, -0.2) is 31.8 Å². The molecule has 0 saturated heterocycles. The van der Waals surface area contributed by atoms with Crippen LogP contribution in [0.25, 0.3) is 16.7 Å². The lowest BCUT2D eigenvalue weighted by molar-refractivity contribution is 0.0946. The molecule has 4 aromatic heterocycles. The maximum atomic E-state index is 12.5. The molecule has 0 aliphatic heterocycles. The monoisotopic (exact) mass is 416 g/mol. The number of carbonyl (C=O) groups is 1. The van der Waals surface area contributed by atoms with Crippen molar-refractivity contribution in [1.82, 2.24) is 30.0 Å². The molecule has 1 aliphatic carbocycles. The molecule has 31 heavy (non-hydrogen) atoms. The number of H-pyrrole nitrogens is 1. The molecule has 0 atom stereocenters. The zero-order valence-electron chi connectivity index (χ0n) is 17.1. The van der Waals surface area contributed by atoms with Gasteiger partial charge in [0.2, 0.25) is 0 Å². The van der Waals surface area contributed by atoms with Crippen molar-refractivity contribution >= 4 is 22.6 Å². The molecular weight excluding hydrogens is 392 g/mol. The summed E-state index contributed by atoms with van der Waals surface area (Å²) in [6, 6.07) is 10.5. The molecule has 8 nitrogen and oxygen atoms in total. The molecule has 8 heteroatoms. The van der Waals surface area contributed by atoms with E-state index in [-0.39, 0.29) is 11.3 Å². The number of nitrogens with zero attached hydrogens (tertiary/aromatic N) is 3. The summed E-state index contributed by atoms with van der Waals surface area (Å²) in [5, 5.41) is 6.33. The number of aromatic nitrogens is 4. The van der Waals surface area contributed by atoms with E-state index in [0.717, 1.165) is 41.3 Å². The summed E-state index contributed by atoms with van der Waals surface area (Å²) in [4.78, 5) is 36.9. The predicted molar refractivity (Wildman–Crippen MR) is 118 cm³/mol. The molecule has 4 aromatic rings. The van der Waals surface area contributed by atoms with Gasteiger partial charge in [-0.15, -0.1) is 0 Å². The number of fused-ring (bicyclic) bond motifs is 2. The molecule has 0 bridgehead atoms. The maximum Gasteiger partial charge on any atom is 0.270 e. The van der Waals surface area contributed by atoms with Crippen molar-refractivity contribution in [2.24, 2.45) is 5.92 Å². The Morgan fingerprint density at radius 2 is 2.10 bits per heavy atom. The average Bonchev–Trinajstić information content (AvgIpc) is 3.15. The van der Waals surface area contributed by atoms with Gasteiger partial charge in [-0.25, -0.2) is 4.98 Å². The maximum absolute atomic E-state index is 12.5. The van der Waals surface area contributed by atoms with Crippen molar-refractivity contribution in [3.05, 3.63) is 76.1 Å². The summed E-state index contributed by atoms with van der Waals surface area (Å²) in [5.41, 5.74) is 4.06. The van der Waals surface area contributed by atoms with Gasteiger partial charge in [-0.1, -0.05) is 12.5 Å². The predicted octanol–water partition coefficient (Wildman–Crippen LogP) is 2.39. The second kappa shape index (κ2) is 8.31. The number of hydrogen-bond acceptors (Lipinski definition) is 5. The third-order valence-corrected chi connectivity index (χ3v) is 5.81. The smallest absolute Gasteiger partial charge is 0.270 e. The zero-order valence-corrected chi connectivity index (χ0v) is 17.1. The first kappa shape index (κ1) is 19.4. The Morgan fingerprint density at radius 3 is 2.94 bits per heavy atom. The molecule has 0 unspecified atom stereocenters. The summed E-state index contributed by atoms with van der Waals surface area (Å²) in [7, 11) is 0. The van der Waals surface area contributed by atoms with Gasteiger partial charge in [-0.3, -0.25) is 19.0 Å². The van der Waals surface area contributed by atoms with E-state index in [9.17, 15) is 9.59 Å². The summed E-state index contributed by atoms with van der Waals surface area (Å²) >= 11 is 0. The number of hydrogen-bond donors (Lipinski definition) is 3.